The van der Waals surface area contributed by atoms with Gasteiger partial charge < -0.3 is 9.88 Å². The number of benzene rings is 1. The summed E-state index contributed by atoms with van der Waals surface area (Å²) in [5.74, 6) is 0.521. The molecule has 0 aliphatic carbocycles. The van der Waals surface area contributed by atoms with E-state index in [1.54, 1.807) is 25.3 Å². The predicted molar refractivity (Wildman–Crippen MR) is 91.2 cm³/mol. The van der Waals surface area contributed by atoms with Crippen molar-refractivity contribution < 1.29 is 0 Å². The third-order valence-electron chi connectivity index (χ3n) is 3.21. The lowest BCUT2D eigenvalue weighted by Gasteiger charge is -2.05. The van der Waals surface area contributed by atoms with Crippen LogP contribution in [0.3, 0.4) is 0 Å². The molecule has 0 atom stereocenters. The molecule has 3 N–H and O–H groups in total. The number of aromatic amines is 3. The van der Waals surface area contributed by atoms with Crippen molar-refractivity contribution in [3.8, 4) is 0 Å². The number of H-pyrrole nitrogens is 3. The zero-order chi connectivity index (χ0) is 17.1. The lowest BCUT2D eigenvalue weighted by atomic mass is 10.2. The van der Waals surface area contributed by atoms with Gasteiger partial charge in [-0.25, -0.2) is 14.8 Å². The summed E-state index contributed by atoms with van der Waals surface area (Å²) in [6, 6.07) is 7.91. The summed E-state index contributed by atoms with van der Waals surface area (Å²) in [5.41, 5.74) is 0.511. The van der Waals surface area contributed by atoms with Crippen LogP contribution in [0.4, 0.5) is 5.95 Å². The van der Waals surface area contributed by atoms with Crippen molar-refractivity contribution in [1.82, 2.24) is 29.9 Å². The number of rotatable bonds is 1. The summed E-state index contributed by atoms with van der Waals surface area (Å²) in [4.78, 5) is 43.2. The smallest absolute Gasteiger partial charge is 0.327 e. The maximum atomic E-state index is 11.3. The monoisotopic (exact) mass is 325 g/mol. The van der Waals surface area contributed by atoms with Gasteiger partial charge in [0.05, 0.1) is 5.52 Å². The Hall–Kier alpha value is -3.49. The van der Waals surface area contributed by atoms with Crippen LogP contribution in [0.1, 0.15) is 0 Å². The zero-order valence-electron chi connectivity index (χ0n) is 13.1. The van der Waals surface area contributed by atoms with Crippen molar-refractivity contribution in [2.24, 2.45) is 0 Å². The summed E-state index contributed by atoms with van der Waals surface area (Å²) in [5, 5.41) is 1.09. The van der Waals surface area contributed by atoms with Crippen molar-refractivity contribution in [1.29, 1.82) is 0 Å². The molecule has 0 bridgehead atoms. The van der Waals surface area contributed by atoms with Crippen molar-refractivity contribution in [2.45, 2.75) is 0 Å². The Morgan fingerprint density at radius 1 is 1.04 bits per heavy atom. The van der Waals surface area contributed by atoms with Gasteiger partial charge >= 0.3 is 5.69 Å². The average molecular weight is 325 g/mol. The molecule has 0 radical (unpaired) electrons. The summed E-state index contributed by atoms with van der Waals surface area (Å²) in [6.45, 7) is 0. The van der Waals surface area contributed by atoms with E-state index in [4.69, 9.17) is 0 Å². The molecule has 0 saturated heterocycles. The molecule has 0 saturated carbocycles. The highest BCUT2D eigenvalue weighted by molar-refractivity contribution is 5.76. The molecule has 3 heterocycles. The Bertz CT molecular complexity index is 1030. The summed E-state index contributed by atoms with van der Waals surface area (Å²) in [6.07, 6.45) is 3.37. The number of fused-ring (bicyclic) bond motifs is 2. The number of hydrogen-bond acceptors (Lipinski definition) is 6. The molecule has 0 amide bonds. The molecule has 24 heavy (non-hydrogen) atoms. The van der Waals surface area contributed by atoms with Gasteiger partial charge in [-0.05, 0) is 6.07 Å². The fraction of sp³-hybridized carbons (Fsp3) is 0.133. The highest BCUT2D eigenvalue weighted by Gasteiger charge is 2.07. The third kappa shape index (κ3) is 3.14. The van der Waals surface area contributed by atoms with E-state index in [1.165, 1.54) is 0 Å². The van der Waals surface area contributed by atoms with Crippen molar-refractivity contribution >= 4 is 28.0 Å². The number of imidazole rings is 1. The van der Waals surface area contributed by atoms with Crippen molar-refractivity contribution in [2.75, 3.05) is 19.0 Å². The molecule has 0 aliphatic rings. The van der Waals surface area contributed by atoms with Crippen LogP contribution >= 0.6 is 0 Å². The molecule has 9 heteroatoms. The first-order chi connectivity index (χ1) is 11.5. The molecule has 0 unspecified atom stereocenters. The van der Waals surface area contributed by atoms with E-state index in [1.807, 2.05) is 30.5 Å². The van der Waals surface area contributed by atoms with Crippen LogP contribution in [0.5, 0.6) is 0 Å². The summed E-state index contributed by atoms with van der Waals surface area (Å²) < 4.78 is 0. The first-order valence-corrected chi connectivity index (χ1v) is 7.09. The minimum Gasteiger partial charge on any atom is -0.348 e. The van der Waals surface area contributed by atoms with E-state index < -0.39 is 11.2 Å². The Morgan fingerprint density at radius 2 is 1.83 bits per heavy atom. The molecule has 3 aromatic heterocycles. The van der Waals surface area contributed by atoms with Gasteiger partial charge in [0.25, 0.3) is 5.56 Å². The van der Waals surface area contributed by atoms with Crippen LogP contribution in [0.2, 0.25) is 0 Å². The first-order valence-electron chi connectivity index (χ1n) is 7.09. The molecule has 1 aromatic carbocycles. The topological polar surface area (TPSA) is 123 Å². The fourth-order valence-corrected chi connectivity index (χ4v) is 2.06. The van der Waals surface area contributed by atoms with Crippen LogP contribution in [0.25, 0.3) is 22.1 Å². The van der Waals surface area contributed by atoms with E-state index in [9.17, 15) is 9.59 Å². The van der Waals surface area contributed by atoms with Gasteiger partial charge in [0.15, 0.2) is 11.2 Å². The number of aromatic nitrogens is 6. The molecule has 0 aliphatic heterocycles. The van der Waals surface area contributed by atoms with Gasteiger partial charge in [0.2, 0.25) is 5.95 Å². The van der Waals surface area contributed by atoms with Gasteiger partial charge in [0.1, 0.15) is 6.33 Å². The van der Waals surface area contributed by atoms with Crippen LogP contribution < -0.4 is 16.1 Å². The van der Waals surface area contributed by atoms with Crippen LogP contribution in [-0.2, 0) is 0 Å². The molecule has 0 spiro atoms. The largest absolute Gasteiger partial charge is 0.348 e. The van der Waals surface area contributed by atoms with Crippen molar-refractivity contribution in [3.05, 3.63) is 57.6 Å². The normalized spacial score (nSPS) is 10.4. The lowest BCUT2D eigenvalue weighted by Crippen LogP contribution is -2.21. The average Bonchev–Trinajstić information content (AvgIpc) is 3.00. The highest BCUT2D eigenvalue weighted by Crippen LogP contribution is 2.08. The number of nitrogens with one attached hydrogen (secondary N) is 3. The fourth-order valence-electron chi connectivity index (χ4n) is 2.06. The Labute approximate surface area is 135 Å². The Kier molecular flexibility index (Phi) is 4.06. The van der Waals surface area contributed by atoms with Gasteiger partial charge in [-0.3, -0.25) is 14.8 Å². The number of para-hydroxylation sites is 1. The van der Waals surface area contributed by atoms with E-state index in [2.05, 4.69) is 29.9 Å². The van der Waals surface area contributed by atoms with Crippen LogP contribution in [0.15, 0.2) is 46.4 Å². The SMILES string of the molecule is CN(C)c1nc2[nH]c(=O)[nH]c(=O)c2[nH]1.c1ccc2ncncc2c1. The molecule has 122 valence electrons. The standard InChI is InChI=1S/C8H6N2.C7H9N5O2/c1-2-4-8-7(3-1)5-9-6-10-8;1-12(2)6-8-3-4(9-6)10-7(14)11-5(3)13/h1-6H;1-2H3,(H3,8,9,10,11,13,14). The minimum atomic E-state index is -0.556. The summed E-state index contributed by atoms with van der Waals surface area (Å²) in [7, 11) is 3.56. The van der Waals surface area contributed by atoms with Gasteiger partial charge in [-0.15, -0.1) is 0 Å². The second-order valence-corrected chi connectivity index (χ2v) is 5.17. The second-order valence-electron chi connectivity index (χ2n) is 5.17. The summed E-state index contributed by atoms with van der Waals surface area (Å²) >= 11 is 0. The van der Waals surface area contributed by atoms with E-state index >= 15 is 0 Å². The van der Waals surface area contributed by atoms with Crippen molar-refractivity contribution in [3.63, 3.8) is 0 Å². The van der Waals surface area contributed by atoms with E-state index in [-0.39, 0.29) is 11.2 Å². The number of nitrogens with zero attached hydrogens (tertiary/aromatic N) is 4. The lowest BCUT2D eigenvalue weighted by molar-refractivity contribution is 1.04. The minimum absolute atomic E-state index is 0.266. The maximum absolute atomic E-state index is 11.3. The number of anilines is 1. The van der Waals surface area contributed by atoms with Crippen LogP contribution in [0, 0.1) is 0 Å². The zero-order valence-corrected chi connectivity index (χ0v) is 13.1. The predicted octanol–water partition coefficient (Wildman–Crippen LogP) is 0.635. The maximum Gasteiger partial charge on any atom is 0.327 e. The molecule has 4 aromatic rings. The Morgan fingerprint density at radius 3 is 2.58 bits per heavy atom. The van der Waals surface area contributed by atoms with Gasteiger partial charge in [-0.1, -0.05) is 18.2 Å². The van der Waals surface area contributed by atoms with E-state index in [0.29, 0.717) is 5.95 Å². The third-order valence-corrected chi connectivity index (χ3v) is 3.21. The quantitative estimate of drug-likeness (QED) is 0.472. The van der Waals surface area contributed by atoms with Gasteiger partial charge in [0, 0.05) is 25.7 Å². The number of hydrogen-bond donors (Lipinski definition) is 3. The Balaban J connectivity index is 0.000000149. The van der Waals surface area contributed by atoms with Gasteiger partial charge in [-0.2, -0.15) is 4.98 Å². The molecule has 9 nitrogen and oxygen atoms in total. The van der Waals surface area contributed by atoms with E-state index in [0.717, 1.165) is 10.9 Å². The second kappa shape index (κ2) is 6.32. The van der Waals surface area contributed by atoms with Crippen LogP contribution in [-0.4, -0.2) is 44.0 Å². The molecule has 4 rings (SSSR count). The highest BCUT2D eigenvalue weighted by atomic mass is 16.2. The molecular formula is C15H15N7O2. The molecule has 0 fully saturated rings. The first kappa shape index (κ1) is 15.4. The molecular weight excluding hydrogens is 310 g/mol.